The van der Waals surface area contributed by atoms with Crippen molar-refractivity contribution in [2.75, 3.05) is 5.32 Å². The van der Waals surface area contributed by atoms with Gasteiger partial charge in [-0.15, -0.1) is 0 Å². The molecule has 0 amide bonds. The number of thiocarbonyl (C=S) groups is 1. The highest BCUT2D eigenvalue weighted by Gasteiger charge is 2.05. The van der Waals surface area contributed by atoms with E-state index in [1.54, 1.807) is 6.20 Å². The molecule has 17 heavy (non-hydrogen) atoms. The molecule has 86 valence electrons. The molecule has 1 aromatic carbocycles. The van der Waals surface area contributed by atoms with Crippen molar-refractivity contribution in [3.8, 4) is 0 Å². The average Bonchev–Trinajstić information content (AvgIpc) is 2.32. The Labute approximate surface area is 106 Å². The Morgan fingerprint density at radius 2 is 1.88 bits per heavy atom. The molecule has 1 heterocycles. The van der Waals surface area contributed by atoms with Crippen LogP contribution in [0.5, 0.6) is 0 Å². The number of aryl methyl sites for hydroxylation is 1. The number of hydrogen-bond acceptors (Lipinski definition) is 3. The maximum Gasteiger partial charge on any atom is 0.106 e. The molecule has 0 aliphatic heterocycles. The summed E-state index contributed by atoms with van der Waals surface area (Å²) in [6.07, 6.45) is 1.76. The molecule has 2 rings (SSSR count). The van der Waals surface area contributed by atoms with E-state index in [4.69, 9.17) is 18.0 Å². The summed E-state index contributed by atoms with van der Waals surface area (Å²) in [6.45, 7) is 1.95. The summed E-state index contributed by atoms with van der Waals surface area (Å²) in [7, 11) is 0. The molecule has 1 aromatic heterocycles. The third-order valence-corrected chi connectivity index (χ3v) is 2.69. The van der Waals surface area contributed by atoms with E-state index >= 15 is 0 Å². The first-order chi connectivity index (χ1) is 8.18. The summed E-state index contributed by atoms with van der Waals surface area (Å²) in [6, 6.07) is 11.6. The zero-order valence-corrected chi connectivity index (χ0v) is 10.3. The lowest BCUT2D eigenvalue weighted by Crippen LogP contribution is -2.12. The molecule has 3 nitrogen and oxygen atoms in total. The number of hydrogen-bond donors (Lipinski definition) is 2. The van der Waals surface area contributed by atoms with Crippen molar-refractivity contribution in [3.05, 3.63) is 53.9 Å². The van der Waals surface area contributed by atoms with Gasteiger partial charge in [0.15, 0.2) is 0 Å². The minimum Gasteiger partial charge on any atom is -0.389 e. The summed E-state index contributed by atoms with van der Waals surface area (Å²) < 4.78 is 0. The molecule has 0 radical (unpaired) electrons. The standard InChI is InChI=1S/C13H13N3S/c1-9-11(7-4-8-15-9)16-12-6-3-2-5-10(12)13(14)17/h2-8,16H,1H3,(H2,14,17). The minimum atomic E-state index is 0.384. The summed E-state index contributed by atoms with van der Waals surface area (Å²) in [5.74, 6) is 0. The van der Waals surface area contributed by atoms with Gasteiger partial charge in [-0.3, -0.25) is 4.98 Å². The van der Waals surface area contributed by atoms with Gasteiger partial charge in [0.1, 0.15) is 4.99 Å². The predicted molar refractivity (Wildman–Crippen MR) is 74.6 cm³/mol. The van der Waals surface area contributed by atoms with E-state index in [1.807, 2.05) is 43.3 Å². The molecule has 0 saturated carbocycles. The van der Waals surface area contributed by atoms with Crippen molar-refractivity contribution >= 4 is 28.6 Å². The molecular weight excluding hydrogens is 230 g/mol. The lowest BCUT2D eigenvalue weighted by molar-refractivity contribution is 1.20. The van der Waals surface area contributed by atoms with Crippen LogP contribution < -0.4 is 11.1 Å². The summed E-state index contributed by atoms with van der Waals surface area (Å²) >= 11 is 5.02. The first-order valence-electron chi connectivity index (χ1n) is 5.26. The Morgan fingerprint density at radius 1 is 1.18 bits per heavy atom. The third-order valence-electron chi connectivity index (χ3n) is 2.47. The quantitative estimate of drug-likeness (QED) is 0.814. The van der Waals surface area contributed by atoms with Gasteiger partial charge in [-0.05, 0) is 31.2 Å². The van der Waals surface area contributed by atoms with Gasteiger partial charge in [-0.2, -0.15) is 0 Å². The number of nitrogens with zero attached hydrogens (tertiary/aromatic N) is 1. The molecule has 2 aromatic rings. The number of aromatic nitrogens is 1. The summed E-state index contributed by atoms with van der Waals surface area (Å²) in [4.78, 5) is 4.61. The van der Waals surface area contributed by atoms with Crippen molar-refractivity contribution in [1.29, 1.82) is 0 Å². The molecule has 0 spiro atoms. The second kappa shape index (κ2) is 4.93. The van der Waals surface area contributed by atoms with Crippen LogP contribution in [0.4, 0.5) is 11.4 Å². The fourth-order valence-corrected chi connectivity index (χ4v) is 1.75. The molecular formula is C13H13N3S. The van der Waals surface area contributed by atoms with E-state index in [0.717, 1.165) is 22.6 Å². The third kappa shape index (κ3) is 2.60. The lowest BCUT2D eigenvalue weighted by Gasteiger charge is -2.12. The van der Waals surface area contributed by atoms with Gasteiger partial charge in [0.25, 0.3) is 0 Å². The van der Waals surface area contributed by atoms with E-state index in [1.165, 1.54) is 0 Å². The fourth-order valence-electron chi connectivity index (χ4n) is 1.57. The SMILES string of the molecule is Cc1ncccc1Nc1ccccc1C(N)=S. The van der Waals surface area contributed by atoms with Crippen LogP contribution in [0.1, 0.15) is 11.3 Å². The van der Waals surface area contributed by atoms with Crippen molar-refractivity contribution in [1.82, 2.24) is 4.98 Å². The zero-order valence-electron chi connectivity index (χ0n) is 9.47. The van der Waals surface area contributed by atoms with Crippen molar-refractivity contribution in [2.24, 2.45) is 5.73 Å². The maximum absolute atomic E-state index is 5.68. The number of nitrogens with one attached hydrogen (secondary N) is 1. The normalized spacial score (nSPS) is 9.94. The molecule has 0 saturated heterocycles. The lowest BCUT2D eigenvalue weighted by atomic mass is 10.1. The molecule has 0 unspecified atom stereocenters. The van der Waals surface area contributed by atoms with Gasteiger partial charge in [-0.1, -0.05) is 24.4 Å². The Kier molecular flexibility index (Phi) is 3.35. The van der Waals surface area contributed by atoms with Crippen LogP contribution in [-0.2, 0) is 0 Å². The molecule has 0 bridgehead atoms. The van der Waals surface area contributed by atoms with E-state index in [-0.39, 0.29) is 0 Å². The summed E-state index contributed by atoms with van der Waals surface area (Å²) in [5.41, 5.74) is 9.31. The van der Waals surface area contributed by atoms with Crippen LogP contribution >= 0.6 is 12.2 Å². The van der Waals surface area contributed by atoms with Crippen LogP contribution in [0.25, 0.3) is 0 Å². The van der Waals surface area contributed by atoms with Crippen LogP contribution in [0.15, 0.2) is 42.6 Å². The second-order valence-electron chi connectivity index (χ2n) is 3.67. The van der Waals surface area contributed by atoms with Gasteiger partial charge < -0.3 is 11.1 Å². The van der Waals surface area contributed by atoms with Crippen molar-refractivity contribution in [2.45, 2.75) is 6.92 Å². The number of para-hydroxylation sites is 1. The van der Waals surface area contributed by atoms with E-state index in [2.05, 4.69) is 10.3 Å². The largest absolute Gasteiger partial charge is 0.389 e. The number of nitrogens with two attached hydrogens (primary N) is 1. The number of pyridine rings is 1. The van der Waals surface area contributed by atoms with Crippen LogP contribution in [-0.4, -0.2) is 9.97 Å². The molecule has 0 aliphatic rings. The number of rotatable bonds is 3. The van der Waals surface area contributed by atoms with Crippen molar-refractivity contribution < 1.29 is 0 Å². The molecule has 0 aliphatic carbocycles. The Hall–Kier alpha value is -1.94. The van der Waals surface area contributed by atoms with Gasteiger partial charge in [-0.25, -0.2) is 0 Å². The van der Waals surface area contributed by atoms with E-state index in [0.29, 0.717) is 4.99 Å². The predicted octanol–water partition coefficient (Wildman–Crippen LogP) is 2.77. The van der Waals surface area contributed by atoms with E-state index < -0.39 is 0 Å². The Morgan fingerprint density at radius 3 is 2.59 bits per heavy atom. The Bertz CT molecular complexity index is 552. The van der Waals surface area contributed by atoms with Gasteiger partial charge in [0.2, 0.25) is 0 Å². The fraction of sp³-hybridized carbons (Fsp3) is 0.0769. The van der Waals surface area contributed by atoms with Crippen LogP contribution in [0.3, 0.4) is 0 Å². The minimum absolute atomic E-state index is 0.384. The highest BCUT2D eigenvalue weighted by Crippen LogP contribution is 2.22. The highest BCUT2D eigenvalue weighted by molar-refractivity contribution is 7.80. The summed E-state index contributed by atoms with van der Waals surface area (Å²) in [5, 5.41) is 3.29. The number of anilines is 2. The topological polar surface area (TPSA) is 50.9 Å². The average molecular weight is 243 g/mol. The monoisotopic (exact) mass is 243 g/mol. The van der Waals surface area contributed by atoms with Gasteiger partial charge in [0.05, 0.1) is 11.4 Å². The van der Waals surface area contributed by atoms with Gasteiger partial charge >= 0.3 is 0 Å². The van der Waals surface area contributed by atoms with Crippen LogP contribution in [0.2, 0.25) is 0 Å². The first-order valence-corrected chi connectivity index (χ1v) is 5.67. The highest BCUT2D eigenvalue weighted by atomic mass is 32.1. The molecule has 3 N–H and O–H groups in total. The molecule has 4 heteroatoms. The smallest absolute Gasteiger partial charge is 0.106 e. The van der Waals surface area contributed by atoms with Crippen LogP contribution in [0, 0.1) is 6.92 Å². The Balaban J connectivity index is 2.37. The molecule has 0 fully saturated rings. The van der Waals surface area contributed by atoms with Gasteiger partial charge in [0, 0.05) is 17.4 Å². The van der Waals surface area contributed by atoms with Crippen molar-refractivity contribution in [3.63, 3.8) is 0 Å². The maximum atomic E-state index is 5.68. The first kappa shape index (κ1) is 11.5. The van der Waals surface area contributed by atoms with E-state index in [9.17, 15) is 0 Å². The molecule has 0 atom stereocenters. The number of benzene rings is 1. The second-order valence-corrected chi connectivity index (χ2v) is 4.11. The zero-order chi connectivity index (χ0) is 12.3.